The van der Waals surface area contributed by atoms with Crippen LogP contribution in [0.5, 0.6) is 0 Å². The molecule has 0 radical (unpaired) electrons. The molecule has 1 aliphatic rings. The van der Waals surface area contributed by atoms with Gasteiger partial charge in [0.2, 0.25) is 10.0 Å². The summed E-state index contributed by atoms with van der Waals surface area (Å²) in [6.45, 7) is -0.170. The zero-order chi connectivity index (χ0) is 11.8. The maximum absolute atomic E-state index is 12.0. The molecule has 0 spiro atoms. The van der Waals surface area contributed by atoms with Gasteiger partial charge in [0.05, 0.1) is 12.2 Å². The van der Waals surface area contributed by atoms with Crippen LogP contribution in [0.2, 0.25) is 0 Å². The number of rotatable bonds is 2. The number of sulfonamides is 1. The Hall–Kier alpha value is -1.02. The lowest BCUT2D eigenvalue weighted by Gasteiger charge is -2.14. The van der Waals surface area contributed by atoms with E-state index in [1.807, 2.05) is 0 Å². The summed E-state index contributed by atoms with van der Waals surface area (Å²) in [7, 11) is -3.65. The molecular formula is C9H12N2O4S. The van der Waals surface area contributed by atoms with Gasteiger partial charge < -0.3 is 10.2 Å². The Bertz CT molecular complexity index is 452. The van der Waals surface area contributed by atoms with Crippen LogP contribution in [0.4, 0.5) is 0 Å². The van der Waals surface area contributed by atoms with Crippen molar-refractivity contribution in [1.82, 2.24) is 9.29 Å². The standard InChI is InChI=1S/C9H12N2O4S/c12-8-5-11(6-9(8)13)16(14,15)7-2-1-3-10-4-7/h1-4,8-9,12-13H,5-6H2. The first kappa shape index (κ1) is 11.5. The molecule has 88 valence electrons. The molecule has 2 N–H and O–H groups in total. The van der Waals surface area contributed by atoms with E-state index in [1.165, 1.54) is 24.5 Å². The fourth-order valence-corrected chi connectivity index (χ4v) is 3.02. The molecule has 1 aromatic rings. The molecule has 1 aromatic heterocycles. The van der Waals surface area contributed by atoms with Gasteiger partial charge in [-0.1, -0.05) is 0 Å². The highest BCUT2D eigenvalue weighted by Gasteiger charge is 2.37. The summed E-state index contributed by atoms with van der Waals surface area (Å²) in [5, 5.41) is 18.6. The lowest BCUT2D eigenvalue weighted by Crippen LogP contribution is -2.30. The number of pyridine rings is 1. The molecule has 0 aromatic carbocycles. The van der Waals surface area contributed by atoms with Crippen LogP contribution in [0.15, 0.2) is 29.4 Å². The highest BCUT2D eigenvalue weighted by molar-refractivity contribution is 7.89. The molecule has 2 rings (SSSR count). The highest BCUT2D eigenvalue weighted by atomic mass is 32.2. The van der Waals surface area contributed by atoms with Crippen LogP contribution in [0.1, 0.15) is 0 Å². The Kier molecular flexibility index (Phi) is 2.94. The quantitative estimate of drug-likeness (QED) is 0.682. The Labute approximate surface area is 93.2 Å². The minimum absolute atomic E-state index is 0.0660. The molecular weight excluding hydrogens is 232 g/mol. The number of hydrogen-bond acceptors (Lipinski definition) is 5. The summed E-state index contributed by atoms with van der Waals surface area (Å²) in [6.07, 6.45) is 0.678. The van der Waals surface area contributed by atoms with Gasteiger partial charge in [0, 0.05) is 25.5 Å². The first-order chi connectivity index (χ1) is 7.51. The molecule has 0 amide bonds. The molecule has 2 unspecified atom stereocenters. The number of β-amino-alcohol motifs (C(OH)–C–C–N with tert-alkyl or cyclic N) is 2. The number of aliphatic hydroxyl groups excluding tert-OH is 2. The van der Waals surface area contributed by atoms with Crippen LogP contribution >= 0.6 is 0 Å². The monoisotopic (exact) mass is 244 g/mol. The molecule has 1 saturated heterocycles. The SMILES string of the molecule is O=S(=O)(c1cccnc1)N1CC(O)C(O)C1. The molecule has 2 atom stereocenters. The Morgan fingerprint density at radius 1 is 1.31 bits per heavy atom. The first-order valence-corrected chi connectivity index (χ1v) is 6.22. The molecule has 6 nitrogen and oxygen atoms in total. The van der Waals surface area contributed by atoms with Crippen LogP contribution in [-0.2, 0) is 10.0 Å². The van der Waals surface area contributed by atoms with Crippen molar-refractivity contribution >= 4 is 10.0 Å². The van der Waals surface area contributed by atoms with Gasteiger partial charge in [0.1, 0.15) is 4.90 Å². The van der Waals surface area contributed by atoms with Crippen molar-refractivity contribution in [3.05, 3.63) is 24.5 Å². The van der Waals surface area contributed by atoms with Crippen molar-refractivity contribution in [2.75, 3.05) is 13.1 Å². The highest BCUT2D eigenvalue weighted by Crippen LogP contribution is 2.20. The van der Waals surface area contributed by atoms with Crippen molar-refractivity contribution in [2.45, 2.75) is 17.1 Å². The van der Waals surface area contributed by atoms with E-state index in [0.717, 1.165) is 4.31 Å². The zero-order valence-electron chi connectivity index (χ0n) is 8.39. The number of hydrogen-bond donors (Lipinski definition) is 2. The molecule has 0 saturated carbocycles. The predicted octanol–water partition coefficient (Wildman–Crippen LogP) is -1.19. The van der Waals surface area contributed by atoms with E-state index in [-0.39, 0.29) is 18.0 Å². The van der Waals surface area contributed by atoms with Gasteiger partial charge in [-0.15, -0.1) is 0 Å². The summed E-state index contributed by atoms with van der Waals surface area (Å²) in [6, 6.07) is 2.95. The fourth-order valence-electron chi connectivity index (χ4n) is 1.58. The second-order valence-electron chi connectivity index (χ2n) is 3.65. The smallest absolute Gasteiger partial charge is 0.244 e. The Balaban J connectivity index is 2.28. The summed E-state index contributed by atoms with van der Waals surface area (Å²) in [5.74, 6) is 0. The van der Waals surface area contributed by atoms with Crippen molar-refractivity contribution in [3.8, 4) is 0 Å². The molecule has 2 heterocycles. The zero-order valence-corrected chi connectivity index (χ0v) is 9.21. The molecule has 16 heavy (non-hydrogen) atoms. The minimum Gasteiger partial charge on any atom is -0.389 e. The van der Waals surface area contributed by atoms with E-state index in [9.17, 15) is 18.6 Å². The maximum Gasteiger partial charge on any atom is 0.244 e. The maximum atomic E-state index is 12.0. The number of aromatic nitrogens is 1. The van der Waals surface area contributed by atoms with Gasteiger partial charge in [0.15, 0.2) is 0 Å². The number of aliphatic hydroxyl groups is 2. The molecule has 0 aliphatic carbocycles. The van der Waals surface area contributed by atoms with Crippen molar-refractivity contribution in [1.29, 1.82) is 0 Å². The Morgan fingerprint density at radius 2 is 1.94 bits per heavy atom. The summed E-state index contributed by atoms with van der Waals surface area (Å²) < 4.78 is 25.0. The summed E-state index contributed by atoms with van der Waals surface area (Å²) in [4.78, 5) is 3.80. The largest absolute Gasteiger partial charge is 0.389 e. The third kappa shape index (κ3) is 1.94. The Morgan fingerprint density at radius 3 is 2.44 bits per heavy atom. The lowest BCUT2D eigenvalue weighted by atomic mass is 10.3. The topological polar surface area (TPSA) is 90.7 Å². The van der Waals surface area contributed by atoms with Crippen molar-refractivity contribution in [3.63, 3.8) is 0 Å². The van der Waals surface area contributed by atoms with Crippen molar-refractivity contribution < 1.29 is 18.6 Å². The lowest BCUT2D eigenvalue weighted by molar-refractivity contribution is 0.0572. The van der Waals surface area contributed by atoms with E-state index < -0.39 is 22.2 Å². The van der Waals surface area contributed by atoms with E-state index >= 15 is 0 Å². The average Bonchev–Trinajstić information content (AvgIpc) is 2.61. The van der Waals surface area contributed by atoms with Crippen LogP contribution in [0.25, 0.3) is 0 Å². The van der Waals surface area contributed by atoms with Gasteiger partial charge in [0.25, 0.3) is 0 Å². The van der Waals surface area contributed by atoms with Crippen LogP contribution in [0, 0.1) is 0 Å². The molecule has 1 aliphatic heterocycles. The fraction of sp³-hybridized carbons (Fsp3) is 0.444. The predicted molar refractivity (Wildman–Crippen MR) is 55.0 cm³/mol. The van der Waals surface area contributed by atoms with E-state index in [4.69, 9.17) is 0 Å². The van der Waals surface area contributed by atoms with Gasteiger partial charge in [-0.3, -0.25) is 4.98 Å². The minimum atomic E-state index is -3.65. The van der Waals surface area contributed by atoms with Crippen LogP contribution in [-0.4, -0.2) is 53.2 Å². The van der Waals surface area contributed by atoms with Gasteiger partial charge in [-0.2, -0.15) is 4.31 Å². The van der Waals surface area contributed by atoms with E-state index in [2.05, 4.69) is 4.98 Å². The van der Waals surface area contributed by atoms with Crippen LogP contribution in [0.3, 0.4) is 0 Å². The molecule has 0 bridgehead atoms. The van der Waals surface area contributed by atoms with Gasteiger partial charge >= 0.3 is 0 Å². The number of nitrogens with zero attached hydrogens (tertiary/aromatic N) is 2. The summed E-state index contributed by atoms with van der Waals surface area (Å²) >= 11 is 0. The third-order valence-electron chi connectivity index (χ3n) is 2.50. The second kappa shape index (κ2) is 4.10. The van der Waals surface area contributed by atoms with Gasteiger partial charge in [-0.05, 0) is 12.1 Å². The van der Waals surface area contributed by atoms with E-state index in [1.54, 1.807) is 0 Å². The average molecular weight is 244 g/mol. The third-order valence-corrected chi connectivity index (χ3v) is 4.31. The molecule has 7 heteroatoms. The van der Waals surface area contributed by atoms with Crippen LogP contribution < -0.4 is 0 Å². The molecule has 1 fully saturated rings. The second-order valence-corrected chi connectivity index (χ2v) is 5.58. The normalized spacial score (nSPS) is 27.1. The van der Waals surface area contributed by atoms with Crippen molar-refractivity contribution in [2.24, 2.45) is 0 Å². The van der Waals surface area contributed by atoms with Gasteiger partial charge in [-0.25, -0.2) is 8.42 Å². The first-order valence-electron chi connectivity index (χ1n) is 4.78. The summed E-state index contributed by atoms with van der Waals surface area (Å²) in [5.41, 5.74) is 0. The van der Waals surface area contributed by atoms with E-state index in [0.29, 0.717) is 0 Å².